The standard InChI is InChI=1S/C8H7NO/c1-2-6-9(5-1)8-4-3-7-10-8/h1-7H. The Labute approximate surface area is 58.7 Å². The molecule has 0 amide bonds. The SMILES string of the molecule is c1coc(-n2cccc2)c1. The van der Waals surface area contributed by atoms with Gasteiger partial charge in [-0.15, -0.1) is 0 Å². The van der Waals surface area contributed by atoms with Crippen LogP contribution in [-0.4, -0.2) is 4.57 Å². The molecule has 0 saturated heterocycles. The third-order valence-electron chi connectivity index (χ3n) is 1.37. The highest BCUT2D eigenvalue weighted by Crippen LogP contribution is 2.06. The first-order valence-corrected chi connectivity index (χ1v) is 3.14. The molecule has 0 aliphatic rings. The molecule has 0 saturated carbocycles. The van der Waals surface area contributed by atoms with Crippen LogP contribution in [0.15, 0.2) is 47.3 Å². The average molecular weight is 133 g/mol. The molecule has 0 bridgehead atoms. The lowest BCUT2D eigenvalue weighted by Gasteiger charge is -1.92. The fraction of sp³-hybridized carbons (Fsp3) is 0. The molecule has 0 fully saturated rings. The van der Waals surface area contributed by atoms with Crippen molar-refractivity contribution >= 4 is 0 Å². The molecule has 0 aliphatic heterocycles. The third-order valence-corrected chi connectivity index (χ3v) is 1.37. The van der Waals surface area contributed by atoms with E-state index in [0.29, 0.717) is 0 Å². The van der Waals surface area contributed by atoms with Crippen LogP contribution in [0.4, 0.5) is 0 Å². The maximum atomic E-state index is 5.14. The predicted octanol–water partition coefficient (Wildman–Crippen LogP) is 2.07. The molecule has 10 heavy (non-hydrogen) atoms. The first-order chi connectivity index (χ1) is 4.97. The Morgan fingerprint density at radius 1 is 1.10 bits per heavy atom. The zero-order valence-corrected chi connectivity index (χ0v) is 5.40. The number of furan rings is 1. The largest absolute Gasteiger partial charge is 0.448 e. The quantitative estimate of drug-likeness (QED) is 0.582. The summed E-state index contributed by atoms with van der Waals surface area (Å²) in [6.45, 7) is 0. The van der Waals surface area contributed by atoms with Crippen LogP contribution in [0, 0.1) is 0 Å². The maximum Gasteiger partial charge on any atom is 0.203 e. The maximum absolute atomic E-state index is 5.14. The van der Waals surface area contributed by atoms with Crippen molar-refractivity contribution in [2.24, 2.45) is 0 Å². The molecule has 2 heterocycles. The van der Waals surface area contributed by atoms with Crippen molar-refractivity contribution in [2.45, 2.75) is 0 Å². The fourth-order valence-corrected chi connectivity index (χ4v) is 0.898. The van der Waals surface area contributed by atoms with Crippen LogP contribution in [0.1, 0.15) is 0 Å². The second-order valence-electron chi connectivity index (χ2n) is 2.04. The van der Waals surface area contributed by atoms with E-state index in [-0.39, 0.29) is 0 Å². The van der Waals surface area contributed by atoms with E-state index in [0.717, 1.165) is 5.88 Å². The Kier molecular flexibility index (Phi) is 1.10. The zero-order valence-electron chi connectivity index (χ0n) is 5.40. The highest BCUT2D eigenvalue weighted by Gasteiger charge is 1.93. The van der Waals surface area contributed by atoms with Crippen molar-refractivity contribution in [2.75, 3.05) is 0 Å². The summed E-state index contributed by atoms with van der Waals surface area (Å²) in [5.41, 5.74) is 0. The van der Waals surface area contributed by atoms with Gasteiger partial charge in [0.2, 0.25) is 5.88 Å². The lowest BCUT2D eigenvalue weighted by Crippen LogP contribution is -1.83. The first kappa shape index (κ1) is 5.35. The van der Waals surface area contributed by atoms with Crippen molar-refractivity contribution in [3.63, 3.8) is 0 Å². The van der Waals surface area contributed by atoms with Crippen LogP contribution < -0.4 is 0 Å². The molecular formula is C8H7NO. The topological polar surface area (TPSA) is 18.1 Å². The average Bonchev–Trinajstić information content (AvgIpc) is 2.59. The van der Waals surface area contributed by atoms with Crippen molar-refractivity contribution in [1.82, 2.24) is 4.57 Å². The van der Waals surface area contributed by atoms with Crippen LogP contribution in [-0.2, 0) is 0 Å². The van der Waals surface area contributed by atoms with Crippen molar-refractivity contribution in [3.8, 4) is 5.88 Å². The number of nitrogens with zero attached hydrogens (tertiary/aromatic N) is 1. The number of aromatic nitrogens is 1. The molecular weight excluding hydrogens is 126 g/mol. The van der Waals surface area contributed by atoms with Crippen molar-refractivity contribution < 1.29 is 4.42 Å². The van der Waals surface area contributed by atoms with Crippen molar-refractivity contribution in [3.05, 3.63) is 42.9 Å². The number of hydrogen-bond acceptors (Lipinski definition) is 1. The summed E-state index contributed by atoms with van der Waals surface area (Å²) >= 11 is 0. The van der Waals surface area contributed by atoms with Crippen LogP contribution in [0.25, 0.3) is 5.88 Å². The molecule has 2 heteroatoms. The van der Waals surface area contributed by atoms with E-state index in [2.05, 4.69) is 0 Å². The van der Waals surface area contributed by atoms with Gasteiger partial charge in [0, 0.05) is 18.5 Å². The van der Waals surface area contributed by atoms with Crippen LogP contribution in [0.5, 0.6) is 0 Å². The Balaban J connectivity index is 2.48. The molecule has 0 aliphatic carbocycles. The number of hydrogen-bond donors (Lipinski definition) is 0. The van der Waals surface area contributed by atoms with Gasteiger partial charge in [0.25, 0.3) is 0 Å². The van der Waals surface area contributed by atoms with Crippen LogP contribution >= 0.6 is 0 Å². The summed E-state index contributed by atoms with van der Waals surface area (Å²) in [5, 5.41) is 0. The zero-order chi connectivity index (χ0) is 6.81. The lowest BCUT2D eigenvalue weighted by atomic mass is 10.6. The van der Waals surface area contributed by atoms with Gasteiger partial charge in [-0.2, -0.15) is 0 Å². The Hall–Kier alpha value is -1.44. The monoisotopic (exact) mass is 133 g/mol. The van der Waals surface area contributed by atoms with Gasteiger partial charge in [-0.3, -0.25) is 4.57 Å². The van der Waals surface area contributed by atoms with Crippen LogP contribution in [0.2, 0.25) is 0 Å². The highest BCUT2D eigenvalue weighted by atomic mass is 16.3. The Bertz CT molecular complexity index is 249. The third kappa shape index (κ3) is 0.739. The van der Waals surface area contributed by atoms with Gasteiger partial charge in [0.05, 0.1) is 6.26 Å². The molecule has 2 aromatic heterocycles. The van der Waals surface area contributed by atoms with E-state index in [1.807, 2.05) is 41.2 Å². The van der Waals surface area contributed by atoms with E-state index >= 15 is 0 Å². The molecule has 50 valence electrons. The van der Waals surface area contributed by atoms with Crippen molar-refractivity contribution in [1.29, 1.82) is 0 Å². The van der Waals surface area contributed by atoms with E-state index in [1.165, 1.54) is 0 Å². The molecule has 0 aromatic carbocycles. The highest BCUT2D eigenvalue weighted by molar-refractivity contribution is 5.18. The van der Waals surface area contributed by atoms with Gasteiger partial charge in [-0.1, -0.05) is 0 Å². The van der Waals surface area contributed by atoms with E-state index in [9.17, 15) is 0 Å². The van der Waals surface area contributed by atoms with Gasteiger partial charge in [0.1, 0.15) is 0 Å². The normalized spacial score (nSPS) is 10.0. The molecule has 0 unspecified atom stereocenters. The second kappa shape index (κ2) is 2.06. The molecule has 0 spiro atoms. The smallest absolute Gasteiger partial charge is 0.203 e. The van der Waals surface area contributed by atoms with Gasteiger partial charge in [0.15, 0.2) is 0 Å². The summed E-state index contributed by atoms with van der Waals surface area (Å²) < 4.78 is 7.06. The van der Waals surface area contributed by atoms with Gasteiger partial charge >= 0.3 is 0 Å². The molecule has 2 nitrogen and oxygen atoms in total. The summed E-state index contributed by atoms with van der Waals surface area (Å²) in [4.78, 5) is 0. The fourth-order valence-electron chi connectivity index (χ4n) is 0.898. The van der Waals surface area contributed by atoms with E-state index in [1.54, 1.807) is 6.26 Å². The Morgan fingerprint density at radius 2 is 1.90 bits per heavy atom. The molecule has 2 rings (SSSR count). The first-order valence-electron chi connectivity index (χ1n) is 3.14. The minimum atomic E-state index is 0.852. The second-order valence-corrected chi connectivity index (χ2v) is 2.04. The minimum Gasteiger partial charge on any atom is -0.448 e. The predicted molar refractivity (Wildman–Crippen MR) is 38.0 cm³/mol. The minimum absolute atomic E-state index is 0.852. The molecule has 0 radical (unpaired) electrons. The summed E-state index contributed by atoms with van der Waals surface area (Å²) in [6, 6.07) is 7.71. The molecule has 2 aromatic rings. The summed E-state index contributed by atoms with van der Waals surface area (Å²) in [6.07, 6.45) is 5.55. The number of rotatable bonds is 1. The molecule has 0 N–H and O–H groups in total. The summed E-state index contributed by atoms with van der Waals surface area (Å²) in [7, 11) is 0. The van der Waals surface area contributed by atoms with Gasteiger partial charge in [-0.05, 0) is 18.2 Å². The van der Waals surface area contributed by atoms with Gasteiger partial charge in [-0.25, -0.2) is 0 Å². The van der Waals surface area contributed by atoms with Crippen LogP contribution in [0.3, 0.4) is 0 Å². The molecule has 0 atom stereocenters. The Morgan fingerprint density at radius 3 is 2.50 bits per heavy atom. The van der Waals surface area contributed by atoms with E-state index < -0.39 is 0 Å². The van der Waals surface area contributed by atoms with Gasteiger partial charge < -0.3 is 4.42 Å². The lowest BCUT2D eigenvalue weighted by molar-refractivity contribution is 0.539. The van der Waals surface area contributed by atoms with E-state index in [4.69, 9.17) is 4.42 Å². The summed E-state index contributed by atoms with van der Waals surface area (Å²) in [5.74, 6) is 0.852.